The SMILES string of the molecule is C[C@]12CC[C@H]3[C@H](CCC4=CC5(CC[C@]43C)OCCO5)[C@@H]1CC[C@@H]2O. The van der Waals surface area contributed by atoms with Crippen LogP contribution in [0, 0.1) is 28.6 Å². The molecule has 0 aromatic rings. The average molecular weight is 332 g/mol. The number of aliphatic hydroxyl groups excluding tert-OH is 1. The maximum atomic E-state index is 10.6. The van der Waals surface area contributed by atoms with Gasteiger partial charge in [0.1, 0.15) is 0 Å². The smallest absolute Gasteiger partial charge is 0.188 e. The van der Waals surface area contributed by atoms with E-state index in [0.717, 1.165) is 43.8 Å². The van der Waals surface area contributed by atoms with Gasteiger partial charge in [0.2, 0.25) is 0 Å². The number of rotatable bonds is 0. The Morgan fingerprint density at radius 3 is 2.54 bits per heavy atom. The standard InChI is InChI=1S/C21H32O3/c1-19-9-10-21(23-11-12-24-21)13-14(19)3-4-15-16-5-6-18(22)20(16,2)8-7-17(15)19/h13,15-18,22H,3-12H2,1-2H3/t15-,16+,17+,18+,19-,20+/m1/s1. The minimum absolute atomic E-state index is 0.0666. The third-order valence-electron chi connectivity index (χ3n) is 8.85. The van der Waals surface area contributed by atoms with E-state index >= 15 is 0 Å². The van der Waals surface area contributed by atoms with E-state index in [-0.39, 0.29) is 11.5 Å². The summed E-state index contributed by atoms with van der Waals surface area (Å²) in [5, 5.41) is 10.6. The van der Waals surface area contributed by atoms with Gasteiger partial charge < -0.3 is 14.6 Å². The molecule has 0 aromatic carbocycles. The molecule has 3 heteroatoms. The maximum Gasteiger partial charge on any atom is 0.188 e. The molecule has 0 unspecified atom stereocenters. The second-order valence-electron chi connectivity index (χ2n) is 9.65. The van der Waals surface area contributed by atoms with E-state index in [1.165, 1.54) is 38.5 Å². The van der Waals surface area contributed by atoms with Crippen molar-refractivity contribution in [2.45, 2.75) is 77.1 Å². The molecule has 4 fully saturated rings. The van der Waals surface area contributed by atoms with Gasteiger partial charge in [-0.1, -0.05) is 19.4 Å². The van der Waals surface area contributed by atoms with Crippen molar-refractivity contribution in [3.05, 3.63) is 11.6 Å². The van der Waals surface area contributed by atoms with Crippen LogP contribution in [0.1, 0.15) is 65.2 Å². The summed E-state index contributed by atoms with van der Waals surface area (Å²) in [5.41, 5.74) is 2.13. The molecule has 6 atom stereocenters. The predicted octanol–water partition coefficient (Wildman–Crippen LogP) is 4.05. The van der Waals surface area contributed by atoms with Crippen molar-refractivity contribution in [1.29, 1.82) is 0 Å². The van der Waals surface area contributed by atoms with E-state index in [1.54, 1.807) is 5.57 Å². The average Bonchev–Trinajstić information content (AvgIpc) is 3.14. The van der Waals surface area contributed by atoms with Crippen LogP contribution in [-0.2, 0) is 9.47 Å². The predicted molar refractivity (Wildman–Crippen MR) is 92.3 cm³/mol. The zero-order valence-corrected chi connectivity index (χ0v) is 15.2. The normalized spacial score (nSPS) is 52.5. The quantitative estimate of drug-likeness (QED) is 0.680. The van der Waals surface area contributed by atoms with Crippen LogP contribution >= 0.6 is 0 Å². The van der Waals surface area contributed by atoms with Crippen molar-refractivity contribution in [2.24, 2.45) is 28.6 Å². The first kappa shape index (κ1) is 15.8. The third kappa shape index (κ3) is 1.95. The van der Waals surface area contributed by atoms with Crippen molar-refractivity contribution in [1.82, 2.24) is 0 Å². The molecule has 0 aromatic heterocycles. The third-order valence-corrected chi connectivity index (χ3v) is 8.85. The fourth-order valence-electron chi connectivity index (χ4n) is 7.35. The summed E-state index contributed by atoms with van der Waals surface area (Å²) in [4.78, 5) is 0. The lowest BCUT2D eigenvalue weighted by molar-refractivity contribution is -0.145. The van der Waals surface area contributed by atoms with Crippen LogP contribution in [0.3, 0.4) is 0 Å². The molecule has 4 aliphatic carbocycles. The Bertz CT molecular complexity index is 563. The molecule has 1 aliphatic heterocycles. The van der Waals surface area contributed by atoms with E-state index in [0.29, 0.717) is 5.41 Å². The molecule has 5 rings (SSSR count). The lowest BCUT2D eigenvalue weighted by atomic mass is 9.47. The Hall–Kier alpha value is -0.380. The molecule has 1 spiro atoms. The van der Waals surface area contributed by atoms with Crippen LogP contribution in [0.15, 0.2) is 11.6 Å². The Labute approximate surface area is 145 Å². The number of hydrogen-bond acceptors (Lipinski definition) is 3. The zero-order chi connectivity index (χ0) is 16.6. The van der Waals surface area contributed by atoms with E-state index in [2.05, 4.69) is 19.9 Å². The van der Waals surface area contributed by atoms with Gasteiger partial charge in [-0.3, -0.25) is 0 Å². The van der Waals surface area contributed by atoms with Gasteiger partial charge in [-0.25, -0.2) is 0 Å². The number of aliphatic hydroxyl groups is 1. The molecule has 24 heavy (non-hydrogen) atoms. The lowest BCUT2D eigenvalue weighted by Gasteiger charge is -2.58. The largest absolute Gasteiger partial charge is 0.393 e. The van der Waals surface area contributed by atoms with Gasteiger partial charge in [0.15, 0.2) is 5.79 Å². The van der Waals surface area contributed by atoms with Crippen molar-refractivity contribution < 1.29 is 14.6 Å². The molecule has 5 aliphatic rings. The van der Waals surface area contributed by atoms with Gasteiger partial charge in [0, 0.05) is 6.42 Å². The fraction of sp³-hybridized carbons (Fsp3) is 0.905. The number of fused-ring (bicyclic) bond motifs is 5. The summed E-state index contributed by atoms with van der Waals surface area (Å²) in [6, 6.07) is 0. The van der Waals surface area contributed by atoms with Gasteiger partial charge in [-0.2, -0.15) is 0 Å². The second-order valence-corrected chi connectivity index (χ2v) is 9.65. The van der Waals surface area contributed by atoms with Crippen molar-refractivity contribution in [3.8, 4) is 0 Å². The summed E-state index contributed by atoms with van der Waals surface area (Å²) < 4.78 is 12.0. The lowest BCUT2D eigenvalue weighted by Crippen LogP contribution is -2.52. The summed E-state index contributed by atoms with van der Waals surface area (Å²) in [6.45, 7) is 6.37. The van der Waals surface area contributed by atoms with E-state index in [9.17, 15) is 5.11 Å². The Morgan fingerprint density at radius 2 is 1.75 bits per heavy atom. The van der Waals surface area contributed by atoms with Gasteiger partial charge in [-0.15, -0.1) is 0 Å². The molecule has 1 heterocycles. The first-order chi connectivity index (χ1) is 11.5. The summed E-state index contributed by atoms with van der Waals surface area (Å²) in [5.74, 6) is 1.94. The monoisotopic (exact) mass is 332 g/mol. The fourth-order valence-corrected chi connectivity index (χ4v) is 7.35. The minimum atomic E-state index is -0.394. The topological polar surface area (TPSA) is 38.7 Å². The van der Waals surface area contributed by atoms with Crippen LogP contribution in [0.5, 0.6) is 0 Å². The molecule has 134 valence electrons. The highest BCUT2D eigenvalue weighted by Crippen LogP contribution is 2.66. The van der Waals surface area contributed by atoms with Gasteiger partial charge in [-0.05, 0) is 79.6 Å². The Kier molecular flexibility index (Phi) is 3.35. The van der Waals surface area contributed by atoms with Crippen LogP contribution in [0.2, 0.25) is 0 Å². The zero-order valence-electron chi connectivity index (χ0n) is 15.2. The molecule has 3 saturated carbocycles. The highest BCUT2D eigenvalue weighted by Gasteiger charge is 2.59. The van der Waals surface area contributed by atoms with E-state index < -0.39 is 5.79 Å². The Morgan fingerprint density at radius 1 is 0.958 bits per heavy atom. The van der Waals surface area contributed by atoms with Crippen LogP contribution in [0.4, 0.5) is 0 Å². The molecule has 0 radical (unpaired) electrons. The number of hydrogen-bond donors (Lipinski definition) is 1. The number of ether oxygens (including phenoxy) is 2. The second kappa shape index (κ2) is 5.08. The molecule has 0 bridgehead atoms. The summed E-state index contributed by atoms with van der Waals surface area (Å²) >= 11 is 0. The molecule has 3 nitrogen and oxygen atoms in total. The maximum absolute atomic E-state index is 10.6. The van der Waals surface area contributed by atoms with Gasteiger partial charge in [0.05, 0.1) is 19.3 Å². The molecule has 1 saturated heterocycles. The molecular weight excluding hydrogens is 300 g/mol. The van der Waals surface area contributed by atoms with Crippen molar-refractivity contribution in [2.75, 3.05) is 13.2 Å². The van der Waals surface area contributed by atoms with Gasteiger partial charge in [0.25, 0.3) is 0 Å². The minimum Gasteiger partial charge on any atom is -0.393 e. The van der Waals surface area contributed by atoms with Gasteiger partial charge >= 0.3 is 0 Å². The van der Waals surface area contributed by atoms with E-state index in [4.69, 9.17) is 9.47 Å². The van der Waals surface area contributed by atoms with Crippen molar-refractivity contribution in [3.63, 3.8) is 0 Å². The van der Waals surface area contributed by atoms with Crippen LogP contribution < -0.4 is 0 Å². The first-order valence-electron chi connectivity index (χ1n) is 10.2. The molecule has 0 amide bonds. The molecular formula is C21H32O3. The van der Waals surface area contributed by atoms with Crippen molar-refractivity contribution >= 4 is 0 Å². The summed E-state index contributed by atoms with van der Waals surface area (Å²) in [6.07, 6.45) is 11.8. The Balaban J connectivity index is 1.47. The van der Waals surface area contributed by atoms with E-state index in [1.807, 2.05) is 0 Å². The van der Waals surface area contributed by atoms with Crippen LogP contribution in [-0.4, -0.2) is 30.2 Å². The highest BCUT2D eigenvalue weighted by molar-refractivity contribution is 5.27. The highest BCUT2D eigenvalue weighted by atomic mass is 16.7. The molecule has 1 N–H and O–H groups in total. The number of allylic oxidation sites excluding steroid dienone is 1. The van der Waals surface area contributed by atoms with Crippen LogP contribution in [0.25, 0.3) is 0 Å². The summed E-state index contributed by atoms with van der Waals surface area (Å²) in [7, 11) is 0. The first-order valence-corrected chi connectivity index (χ1v) is 10.2.